The Morgan fingerprint density at radius 2 is 1.73 bits per heavy atom. The highest BCUT2D eigenvalue weighted by Gasteiger charge is 2.33. The van der Waals surface area contributed by atoms with Crippen LogP contribution < -0.4 is 5.73 Å². The van der Waals surface area contributed by atoms with Crippen LogP contribution in [0.4, 0.5) is 18.9 Å². The smallest absolute Gasteiger partial charge is 0.398 e. The maximum atomic E-state index is 12.8. The molecular weight excluding hydrogens is 371 g/mol. The van der Waals surface area contributed by atoms with E-state index in [0.717, 1.165) is 24.3 Å². The monoisotopic (exact) mass is 385 g/mol. The maximum Gasteiger partial charge on any atom is 0.418 e. The van der Waals surface area contributed by atoms with Crippen LogP contribution in [0.2, 0.25) is 0 Å². The Bertz CT molecular complexity index is 952. The average Bonchev–Trinajstić information content (AvgIpc) is 2.55. The third kappa shape index (κ3) is 4.42. The lowest BCUT2D eigenvalue weighted by Crippen LogP contribution is -2.11. The molecule has 0 bridgehead atoms. The first kappa shape index (κ1) is 19.5. The van der Waals surface area contributed by atoms with Gasteiger partial charge in [-0.1, -0.05) is 24.3 Å². The SMILES string of the molecule is Cc1c(/C=C/C(=O)OS(=O)(=O)c2ccccc2)ccc(C(F)(F)F)c1N. The Morgan fingerprint density at radius 1 is 1.12 bits per heavy atom. The van der Waals surface area contributed by atoms with Crippen LogP contribution in [0.1, 0.15) is 16.7 Å². The summed E-state index contributed by atoms with van der Waals surface area (Å²) in [5.41, 5.74) is 4.37. The number of anilines is 1. The molecule has 0 heterocycles. The summed E-state index contributed by atoms with van der Waals surface area (Å²) < 4.78 is 66.6. The summed E-state index contributed by atoms with van der Waals surface area (Å²) in [5.74, 6) is -1.19. The van der Waals surface area contributed by atoms with Crippen molar-refractivity contribution < 1.29 is 30.6 Å². The van der Waals surface area contributed by atoms with Crippen molar-refractivity contribution in [1.82, 2.24) is 0 Å². The quantitative estimate of drug-likeness (QED) is 0.494. The van der Waals surface area contributed by atoms with Crippen molar-refractivity contribution in [2.24, 2.45) is 0 Å². The van der Waals surface area contributed by atoms with Gasteiger partial charge in [-0.15, -0.1) is 0 Å². The summed E-state index contributed by atoms with van der Waals surface area (Å²) in [5, 5.41) is 0. The molecule has 0 amide bonds. The average molecular weight is 385 g/mol. The standard InChI is InChI=1S/C17H14F3NO4S/c1-11-12(7-9-14(16(11)21)17(18,19)20)8-10-15(22)25-26(23,24)13-5-3-2-4-6-13/h2-10H,21H2,1H3/b10-8+. The highest BCUT2D eigenvalue weighted by molar-refractivity contribution is 7.87. The van der Waals surface area contributed by atoms with Gasteiger partial charge in [0.25, 0.3) is 0 Å². The number of nitrogens with two attached hydrogens (primary N) is 1. The van der Waals surface area contributed by atoms with Crippen molar-refractivity contribution in [2.75, 3.05) is 5.73 Å². The van der Waals surface area contributed by atoms with Crippen LogP contribution >= 0.6 is 0 Å². The number of hydrogen-bond acceptors (Lipinski definition) is 5. The van der Waals surface area contributed by atoms with Crippen LogP contribution in [0.15, 0.2) is 53.4 Å². The van der Waals surface area contributed by atoms with E-state index in [2.05, 4.69) is 4.18 Å². The molecule has 2 aromatic rings. The molecule has 0 spiro atoms. The van der Waals surface area contributed by atoms with E-state index in [1.54, 1.807) is 6.07 Å². The van der Waals surface area contributed by atoms with Gasteiger partial charge in [-0.3, -0.25) is 0 Å². The Hall–Kier alpha value is -2.81. The van der Waals surface area contributed by atoms with Gasteiger partial charge in [-0.05, 0) is 42.3 Å². The van der Waals surface area contributed by atoms with Crippen molar-refractivity contribution in [3.8, 4) is 0 Å². The van der Waals surface area contributed by atoms with Gasteiger partial charge < -0.3 is 9.92 Å². The third-order valence-electron chi connectivity index (χ3n) is 3.48. The van der Waals surface area contributed by atoms with Crippen molar-refractivity contribution in [1.29, 1.82) is 0 Å². The summed E-state index contributed by atoms with van der Waals surface area (Å²) in [6.07, 6.45) is -2.66. The lowest BCUT2D eigenvalue weighted by Gasteiger charge is -2.13. The molecule has 0 atom stereocenters. The van der Waals surface area contributed by atoms with E-state index in [1.165, 1.54) is 31.2 Å². The minimum Gasteiger partial charge on any atom is -0.398 e. The predicted molar refractivity (Wildman–Crippen MR) is 89.3 cm³/mol. The van der Waals surface area contributed by atoms with Crippen molar-refractivity contribution in [3.05, 3.63) is 65.2 Å². The van der Waals surface area contributed by atoms with E-state index >= 15 is 0 Å². The molecule has 0 fully saturated rings. The second-order valence-corrected chi connectivity index (χ2v) is 6.79. The molecule has 0 saturated heterocycles. The maximum absolute atomic E-state index is 12.8. The number of rotatable bonds is 4. The third-order valence-corrected chi connectivity index (χ3v) is 4.72. The van der Waals surface area contributed by atoms with Crippen LogP contribution in [0, 0.1) is 6.92 Å². The Morgan fingerprint density at radius 3 is 2.31 bits per heavy atom. The topological polar surface area (TPSA) is 86.5 Å². The molecule has 5 nitrogen and oxygen atoms in total. The first-order valence-corrected chi connectivity index (χ1v) is 8.61. The zero-order valence-electron chi connectivity index (χ0n) is 13.4. The zero-order valence-corrected chi connectivity index (χ0v) is 14.3. The van der Waals surface area contributed by atoms with Gasteiger partial charge in [-0.25, -0.2) is 4.79 Å². The molecule has 0 aliphatic carbocycles. The summed E-state index contributed by atoms with van der Waals surface area (Å²) in [6, 6.07) is 8.95. The molecule has 0 aliphatic rings. The fraction of sp³-hybridized carbons (Fsp3) is 0.118. The van der Waals surface area contributed by atoms with Gasteiger partial charge in [0.1, 0.15) is 4.90 Å². The number of nitrogen functional groups attached to an aromatic ring is 1. The van der Waals surface area contributed by atoms with E-state index < -0.39 is 33.5 Å². The minimum absolute atomic E-state index is 0.106. The Kier molecular flexibility index (Phi) is 5.41. The van der Waals surface area contributed by atoms with Crippen LogP contribution in [-0.4, -0.2) is 14.4 Å². The van der Waals surface area contributed by atoms with Crippen LogP contribution in [0.25, 0.3) is 6.08 Å². The number of benzene rings is 2. The van der Waals surface area contributed by atoms with Gasteiger partial charge in [0.2, 0.25) is 0 Å². The molecule has 0 saturated carbocycles. The second kappa shape index (κ2) is 7.20. The molecule has 0 unspecified atom stereocenters. The fourth-order valence-corrected chi connectivity index (χ4v) is 2.96. The molecule has 0 radical (unpaired) electrons. The predicted octanol–water partition coefficient (Wildman–Crippen LogP) is 3.54. The fourth-order valence-electron chi connectivity index (χ4n) is 2.10. The van der Waals surface area contributed by atoms with Crippen molar-refractivity contribution >= 4 is 27.9 Å². The number of carbonyl (C=O) groups is 1. The van der Waals surface area contributed by atoms with Crippen molar-refractivity contribution in [2.45, 2.75) is 18.0 Å². The van der Waals surface area contributed by atoms with E-state index in [9.17, 15) is 26.4 Å². The Balaban J connectivity index is 2.20. The molecule has 2 rings (SSSR count). The first-order chi connectivity index (χ1) is 12.0. The van der Waals surface area contributed by atoms with Crippen molar-refractivity contribution in [3.63, 3.8) is 0 Å². The van der Waals surface area contributed by atoms with E-state index in [1.807, 2.05) is 0 Å². The molecule has 9 heteroatoms. The summed E-state index contributed by atoms with van der Waals surface area (Å²) >= 11 is 0. The number of halogens is 3. The molecular formula is C17H14F3NO4S. The molecule has 138 valence electrons. The minimum atomic E-state index is -4.60. The van der Waals surface area contributed by atoms with Gasteiger partial charge in [0.15, 0.2) is 0 Å². The molecule has 2 aromatic carbocycles. The summed E-state index contributed by atoms with van der Waals surface area (Å²) in [6.45, 7) is 1.36. The molecule has 0 aromatic heterocycles. The number of hydrogen-bond donors (Lipinski definition) is 1. The van der Waals surface area contributed by atoms with Crippen LogP contribution in [-0.2, 0) is 25.3 Å². The Labute approximate surface area is 148 Å². The lowest BCUT2D eigenvalue weighted by atomic mass is 10.0. The lowest BCUT2D eigenvalue weighted by molar-refractivity contribution is -0.137. The van der Waals surface area contributed by atoms with Gasteiger partial charge in [0.05, 0.1) is 5.56 Å². The van der Waals surface area contributed by atoms with Gasteiger partial charge in [0, 0.05) is 11.8 Å². The largest absolute Gasteiger partial charge is 0.418 e. The number of alkyl halides is 3. The van der Waals surface area contributed by atoms with Crippen LogP contribution in [0.3, 0.4) is 0 Å². The highest BCUT2D eigenvalue weighted by Crippen LogP contribution is 2.36. The van der Waals surface area contributed by atoms with E-state index in [4.69, 9.17) is 5.73 Å². The number of carbonyl (C=O) groups excluding carboxylic acids is 1. The van der Waals surface area contributed by atoms with Crippen LogP contribution in [0.5, 0.6) is 0 Å². The van der Waals surface area contributed by atoms with Gasteiger partial charge >= 0.3 is 22.3 Å². The molecule has 2 N–H and O–H groups in total. The van der Waals surface area contributed by atoms with E-state index in [0.29, 0.717) is 0 Å². The van der Waals surface area contributed by atoms with E-state index in [-0.39, 0.29) is 16.0 Å². The molecule has 26 heavy (non-hydrogen) atoms. The molecule has 0 aliphatic heterocycles. The normalized spacial score (nSPS) is 12.3. The highest BCUT2D eigenvalue weighted by atomic mass is 32.2. The van der Waals surface area contributed by atoms with Gasteiger partial charge in [-0.2, -0.15) is 21.6 Å². The second-order valence-electron chi connectivity index (χ2n) is 5.24. The summed E-state index contributed by atoms with van der Waals surface area (Å²) in [7, 11) is -4.28. The summed E-state index contributed by atoms with van der Waals surface area (Å²) in [4.78, 5) is 11.5. The zero-order chi connectivity index (χ0) is 19.5. The first-order valence-electron chi connectivity index (χ1n) is 7.20.